The molecule has 0 radical (unpaired) electrons. The van der Waals surface area contributed by atoms with E-state index in [9.17, 15) is 4.79 Å². The molecule has 6 heteroatoms. The van der Waals surface area contributed by atoms with Crippen LogP contribution in [0.4, 0.5) is 11.4 Å². The molecular weight excluding hydrogens is 316 g/mol. The maximum Gasteiger partial charge on any atom is 0.232 e. The second-order valence-electron chi connectivity index (χ2n) is 6.39. The van der Waals surface area contributed by atoms with E-state index >= 15 is 0 Å². The van der Waals surface area contributed by atoms with Gasteiger partial charge in [0.2, 0.25) is 5.91 Å². The van der Waals surface area contributed by atoms with Crippen molar-refractivity contribution in [3.63, 3.8) is 0 Å². The van der Waals surface area contributed by atoms with Crippen LogP contribution in [0.25, 0.3) is 10.9 Å². The molecule has 3 heterocycles. The Labute approximate surface area is 145 Å². The molecule has 1 aliphatic rings. The summed E-state index contributed by atoms with van der Waals surface area (Å²) in [5.74, 6) is 0.432. The van der Waals surface area contributed by atoms with E-state index in [1.165, 1.54) is 12.8 Å². The highest BCUT2D eigenvalue weighted by atomic mass is 16.5. The van der Waals surface area contributed by atoms with Crippen molar-refractivity contribution >= 4 is 28.2 Å². The van der Waals surface area contributed by atoms with Crippen LogP contribution in [0.2, 0.25) is 0 Å². The third-order valence-corrected chi connectivity index (χ3v) is 4.48. The molecule has 1 aromatic carbocycles. The van der Waals surface area contributed by atoms with Gasteiger partial charge in [0.05, 0.1) is 29.0 Å². The Morgan fingerprint density at radius 1 is 1.28 bits per heavy atom. The van der Waals surface area contributed by atoms with E-state index in [-0.39, 0.29) is 12.3 Å². The van der Waals surface area contributed by atoms with Crippen LogP contribution in [-0.4, -0.2) is 29.1 Å². The lowest BCUT2D eigenvalue weighted by Gasteiger charge is -2.20. The minimum absolute atomic E-state index is 0.129. The standard InChI is InChI=1S/C19H20N4O2/c1-13-11-14(25-22-13)12-18(24)21-16-6-7-17(23-9-2-3-10-23)19-15(16)5-4-8-20-19/h4-8,11H,2-3,9-10,12H2,1H3,(H,21,24). The number of pyridine rings is 1. The first-order valence-corrected chi connectivity index (χ1v) is 8.55. The SMILES string of the molecule is Cc1cc(CC(=O)Nc2ccc(N3CCCC3)c3ncccc23)on1. The predicted octanol–water partition coefficient (Wildman–Crippen LogP) is 3.31. The lowest BCUT2D eigenvalue weighted by atomic mass is 10.1. The average molecular weight is 336 g/mol. The van der Waals surface area contributed by atoms with Gasteiger partial charge in [-0.15, -0.1) is 0 Å². The number of aryl methyl sites for hydroxylation is 1. The quantitative estimate of drug-likeness (QED) is 0.791. The maximum absolute atomic E-state index is 12.3. The highest BCUT2D eigenvalue weighted by molar-refractivity contribution is 6.05. The summed E-state index contributed by atoms with van der Waals surface area (Å²) in [6, 6.07) is 9.67. The lowest BCUT2D eigenvalue weighted by Crippen LogP contribution is -2.19. The Kier molecular flexibility index (Phi) is 4.09. The summed E-state index contributed by atoms with van der Waals surface area (Å²) in [4.78, 5) is 19.3. The number of amides is 1. The van der Waals surface area contributed by atoms with Crippen LogP contribution >= 0.6 is 0 Å². The van der Waals surface area contributed by atoms with Crippen molar-refractivity contribution in [2.75, 3.05) is 23.3 Å². The molecule has 6 nitrogen and oxygen atoms in total. The number of nitrogens with one attached hydrogen (secondary N) is 1. The molecule has 25 heavy (non-hydrogen) atoms. The van der Waals surface area contributed by atoms with Crippen molar-refractivity contribution in [3.05, 3.63) is 48.0 Å². The molecule has 1 N–H and O–H groups in total. The smallest absolute Gasteiger partial charge is 0.232 e. The Balaban J connectivity index is 1.61. The number of rotatable bonds is 4. The summed E-state index contributed by atoms with van der Waals surface area (Å²) in [5.41, 5.74) is 3.61. The molecule has 4 rings (SSSR count). The van der Waals surface area contributed by atoms with Gasteiger partial charge in [-0.3, -0.25) is 9.78 Å². The van der Waals surface area contributed by atoms with Crippen molar-refractivity contribution in [3.8, 4) is 0 Å². The molecule has 2 aromatic heterocycles. The third kappa shape index (κ3) is 3.20. The number of fused-ring (bicyclic) bond motifs is 1. The molecule has 0 unspecified atom stereocenters. The van der Waals surface area contributed by atoms with Gasteiger partial charge >= 0.3 is 0 Å². The van der Waals surface area contributed by atoms with Gasteiger partial charge < -0.3 is 14.7 Å². The van der Waals surface area contributed by atoms with E-state index in [4.69, 9.17) is 4.52 Å². The molecule has 1 saturated heterocycles. The Morgan fingerprint density at radius 2 is 2.12 bits per heavy atom. The van der Waals surface area contributed by atoms with Crippen molar-refractivity contribution < 1.29 is 9.32 Å². The van der Waals surface area contributed by atoms with Gasteiger partial charge in [0, 0.05) is 30.7 Å². The van der Waals surface area contributed by atoms with Crippen molar-refractivity contribution in [2.24, 2.45) is 0 Å². The Hall–Kier alpha value is -2.89. The zero-order valence-corrected chi connectivity index (χ0v) is 14.2. The lowest BCUT2D eigenvalue weighted by molar-refractivity contribution is -0.115. The molecule has 0 atom stereocenters. The van der Waals surface area contributed by atoms with Gasteiger partial charge in [0.1, 0.15) is 5.76 Å². The fourth-order valence-corrected chi connectivity index (χ4v) is 3.33. The third-order valence-electron chi connectivity index (χ3n) is 4.48. The minimum atomic E-state index is -0.129. The number of carbonyl (C=O) groups is 1. The van der Waals surface area contributed by atoms with Crippen LogP contribution in [0.3, 0.4) is 0 Å². The highest BCUT2D eigenvalue weighted by Crippen LogP contribution is 2.32. The highest BCUT2D eigenvalue weighted by Gasteiger charge is 2.18. The van der Waals surface area contributed by atoms with Crippen molar-refractivity contribution in [2.45, 2.75) is 26.2 Å². The molecule has 0 spiro atoms. The minimum Gasteiger partial charge on any atom is -0.370 e. The number of hydrogen-bond acceptors (Lipinski definition) is 5. The molecule has 1 amide bonds. The summed E-state index contributed by atoms with van der Waals surface area (Å²) in [6.45, 7) is 3.95. The number of benzene rings is 1. The van der Waals surface area contributed by atoms with Gasteiger partial charge in [-0.1, -0.05) is 5.16 Å². The maximum atomic E-state index is 12.3. The summed E-state index contributed by atoms with van der Waals surface area (Å²) in [7, 11) is 0. The summed E-state index contributed by atoms with van der Waals surface area (Å²) in [5, 5.41) is 7.74. The largest absolute Gasteiger partial charge is 0.370 e. The van der Waals surface area contributed by atoms with Crippen LogP contribution < -0.4 is 10.2 Å². The number of hydrogen-bond donors (Lipinski definition) is 1. The van der Waals surface area contributed by atoms with E-state index < -0.39 is 0 Å². The van der Waals surface area contributed by atoms with Gasteiger partial charge in [-0.05, 0) is 44.0 Å². The van der Waals surface area contributed by atoms with E-state index in [1.54, 1.807) is 12.3 Å². The second-order valence-corrected chi connectivity index (χ2v) is 6.39. The van der Waals surface area contributed by atoms with Crippen molar-refractivity contribution in [1.29, 1.82) is 0 Å². The van der Waals surface area contributed by atoms with Crippen LogP contribution in [0.1, 0.15) is 24.3 Å². The molecule has 0 bridgehead atoms. The Morgan fingerprint density at radius 3 is 2.88 bits per heavy atom. The topological polar surface area (TPSA) is 71.3 Å². The molecule has 0 saturated carbocycles. The van der Waals surface area contributed by atoms with Crippen molar-refractivity contribution in [1.82, 2.24) is 10.1 Å². The van der Waals surface area contributed by atoms with Gasteiger partial charge in [-0.25, -0.2) is 0 Å². The van der Waals surface area contributed by atoms with Gasteiger partial charge in [0.15, 0.2) is 0 Å². The Bertz CT molecular complexity index is 913. The van der Waals surface area contributed by atoms with Crippen LogP contribution in [-0.2, 0) is 11.2 Å². The monoisotopic (exact) mass is 336 g/mol. The van der Waals surface area contributed by atoms with E-state index in [2.05, 4.69) is 26.4 Å². The molecule has 0 aliphatic carbocycles. The van der Waals surface area contributed by atoms with Gasteiger partial charge in [-0.2, -0.15) is 0 Å². The first-order chi connectivity index (χ1) is 12.2. The number of nitrogens with zero attached hydrogens (tertiary/aromatic N) is 3. The number of carbonyl (C=O) groups excluding carboxylic acids is 1. The summed E-state index contributed by atoms with van der Waals surface area (Å²) >= 11 is 0. The number of anilines is 2. The predicted molar refractivity (Wildman–Crippen MR) is 96.8 cm³/mol. The molecular formula is C19H20N4O2. The summed E-state index contributed by atoms with van der Waals surface area (Å²) < 4.78 is 5.12. The second kappa shape index (κ2) is 6.55. The zero-order valence-electron chi connectivity index (χ0n) is 14.2. The molecule has 1 fully saturated rings. The first kappa shape index (κ1) is 15.6. The molecule has 3 aromatic rings. The van der Waals surface area contributed by atoms with Gasteiger partial charge in [0.25, 0.3) is 0 Å². The molecule has 128 valence electrons. The van der Waals surface area contributed by atoms with Crippen LogP contribution in [0.15, 0.2) is 41.1 Å². The fraction of sp³-hybridized carbons (Fsp3) is 0.316. The van der Waals surface area contributed by atoms with E-state index in [1.807, 2.05) is 25.1 Å². The van der Waals surface area contributed by atoms with E-state index in [0.717, 1.165) is 41.1 Å². The normalized spacial score (nSPS) is 14.2. The van der Waals surface area contributed by atoms with Crippen LogP contribution in [0.5, 0.6) is 0 Å². The van der Waals surface area contributed by atoms with E-state index in [0.29, 0.717) is 5.76 Å². The first-order valence-electron chi connectivity index (χ1n) is 8.55. The summed E-state index contributed by atoms with van der Waals surface area (Å²) in [6.07, 6.45) is 4.38. The zero-order chi connectivity index (χ0) is 17.2. The van der Waals surface area contributed by atoms with Crippen LogP contribution in [0, 0.1) is 6.92 Å². The number of aromatic nitrogens is 2. The average Bonchev–Trinajstić information content (AvgIpc) is 3.27. The molecule has 1 aliphatic heterocycles. The fourth-order valence-electron chi connectivity index (χ4n) is 3.33.